The van der Waals surface area contributed by atoms with Gasteiger partial charge in [0, 0.05) is 32.2 Å². The van der Waals surface area contributed by atoms with Crippen molar-refractivity contribution in [3.8, 4) is 0 Å². The van der Waals surface area contributed by atoms with Gasteiger partial charge < -0.3 is 15.7 Å². The van der Waals surface area contributed by atoms with Crippen LogP contribution < -0.4 is 10.6 Å². The average Bonchev–Trinajstić information content (AvgIpc) is 2.75. The summed E-state index contributed by atoms with van der Waals surface area (Å²) in [6, 6.07) is 14.8. The molecule has 0 saturated carbocycles. The maximum Gasteiger partial charge on any atom is 0.191 e. The molecule has 1 fully saturated rings. The molecule has 0 spiro atoms. The summed E-state index contributed by atoms with van der Waals surface area (Å²) < 4.78 is 13.1. The first-order chi connectivity index (χ1) is 14.5. The topological polar surface area (TPSA) is 59.9 Å². The number of benzene rings is 2. The van der Waals surface area contributed by atoms with Crippen molar-refractivity contribution in [3.63, 3.8) is 0 Å². The molecule has 5 nitrogen and oxygen atoms in total. The Morgan fingerprint density at radius 1 is 1.17 bits per heavy atom. The van der Waals surface area contributed by atoms with Crippen molar-refractivity contribution < 1.29 is 9.50 Å². The number of hydrogen-bond donors (Lipinski definition) is 3. The Morgan fingerprint density at radius 3 is 2.53 bits per heavy atom. The summed E-state index contributed by atoms with van der Waals surface area (Å²) >= 11 is 0. The van der Waals surface area contributed by atoms with Crippen LogP contribution in [0, 0.1) is 12.7 Å². The van der Waals surface area contributed by atoms with E-state index in [1.54, 1.807) is 12.1 Å². The maximum atomic E-state index is 13.1. The summed E-state index contributed by atoms with van der Waals surface area (Å²) in [6.07, 6.45) is 1.35. The van der Waals surface area contributed by atoms with E-state index in [9.17, 15) is 9.50 Å². The van der Waals surface area contributed by atoms with Gasteiger partial charge in [0.2, 0.25) is 0 Å². The first kappa shape index (κ1) is 22.2. The van der Waals surface area contributed by atoms with Crippen LogP contribution in [0.4, 0.5) is 4.39 Å². The molecular formula is C24H33FN4O. The molecule has 3 rings (SSSR count). The van der Waals surface area contributed by atoms with Crippen molar-refractivity contribution in [2.24, 2.45) is 4.99 Å². The molecule has 6 heteroatoms. The summed E-state index contributed by atoms with van der Waals surface area (Å²) in [7, 11) is 0. The van der Waals surface area contributed by atoms with E-state index in [0.29, 0.717) is 11.6 Å². The molecule has 0 aliphatic carbocycles. The third-order valence-corrected chi connectivity index (χ3v) is 5.60. The Bertz CT molecular complexity index is 816. The quantitative estimate of drug-likeness (QED) is 0.482. The fraction of sp³-hybridized carbons (Fsp3) is 0.458. The fourth-order valence-electron chi connectivity index (χ4n) is 3.75. The summed E-state index contributed by atoms with van der Waals surface area (Å²) in [5, 5.41) is 17.1. The molecule has 1 heterocycles. The molecule has 1 aliphatic rings. The molecule has 2 aromatic rings. The van der Waals surface area contributed by atoms with Gasteiger partial charge in [0.1, 0.15) is 5.82 Å². The molecule has 1 saturated heterocycles. The average molecular weight is 413 g/mol. The van der Waals surface area contributed by atoms with Crippen LogP contribution in [0.3, 0.4) is 0 Å². The number of halogens is 1. The number of aryl methyl sites for hydroxylation is 1. The van der Waals surface area contributed by atoms with Crippen LogP contribution in [0.15, 0.2) is 53.5 Å². The monoisotopic (exact) mass is 412 g/mol. The second-order valence-corrected chi connectivity index (χ2v) is 7.91. The number of aliphatic imine (C=N–C) groups is 1. The Hall–Kier alpha value is -2.44. The highest BCUT2D eigenvalue weighted by molar-refractivity contribution is 5.80. The fourth-order valence-corrected chi connectivity index (χ4v) is 3.75. The number of aliphatic hydroxyl groups is 1. The van der Waals surface area contributed by atoms with Crippen LogP contribution in [-0.2, 0) is 6.54 Å². The molecule has 1 unspecified atom stereocenters. The first-order valence-corrected chi connectivity index (χ1v) is 10.8. The number of aliphatic hydroxyl groups excluding tert-OH is 1. The molecular weight excluding hydrogens is 379 g/mol. The van der Waals surface area contributed by atoms with Crippen LogP contribution in [0.2, 0.25) is 0 Å². The highest BCUT2D eigenvalue weighted by Gasteiger charge is 2.20. The van der Waals surface area contributed by atoms with Gasteiger partial charge in [-0.3, -0.25) is 9.89 Å². The number of piperidine rings is 1. The van der Waals surface area contributed by atoms with Gasteiger partial charge in [0.25, 0.3) is 0 Å². The number of hydrogen-bond acceptors (Lipinski definition) is 3. The van der Waals surface area contributed by atoms with Crippen LogP contribution in [0.1, 0.15) is 42.6 Å². The first-order valence-electron chi connectivity index (χ1n) is 10.8. The van der Waals surface area contributed by atoms with E-state index in [1.807, 2.05) is 6.92 Å². The number of nitrogens with zero attached hydrogens (tertiary/aromatic N) is 2. The van der Waals surface area contributed by atoms with Gasteiger partial charge >= 0.3 is 0 Å². The third-order valence-electron chi connectivity index (χ3n) is 5.60. The molecule has 1 atom stereocenters. The Balaban J connectivity index is 1.50. The number of guanidine groups is 1. The van der Waals surface area contributed by atoms with Crippen LogP contribution >= 0.6 is 0 Å². The summed E-state index contributed by atoms with van der Waals surface area (Å²) in [6.45, 7) is 8.27. The van der Waals surface area contributed by atoms with E-state index < -0.39 is 6.10 Å². The molecule has 0 aromatic heterocycles. The molecule has 0 radical (unpaired) electrons. The Kier molecular flexibility index (Phi) is 8.22. The summed E-state index contributed by atoms with van der Waals surface area (Å²) in [5.41, 5.74) is 3.41. The molecule has 2 aromatic carbocycles. The summed E-state index contributed by atoms with van der Waals surface area (Å²) in [5.74, 6) is 0.411. The minimum atomic E-state index is -0.753. The zero-order valence-corrected chi connectivity index (χ0v) is 17.9. The lowest BCUT2D eigenvalue weighted by atomic mass is 10.0. The van der Waals surface area contributed by atoms with E-state index in [4.69, 9.17) is 0 Å². The highest BCUT2D eigenvalue weighted by Crippen LogP contribution is 2.17. The second kappa shape index (κ2) is 11.1. The van der Waals surface area contributed by atoms with Crippen molar-refractivity contribution in [1.82, 2.24) is 15.5 Å². The zero-order chi connectivity index (χ0) is 21.3. The minimum Gasteiger partial charge on any atom is -0.386 e. The minimum absolute atomic E-state index is 0.229. The van der Waals surface area contributed by atoms with E-state index in [2.05, 4.69) is 51.7 Å². The number of rotatable bonds is 7. The highest BCUT2D eigenvalue weighted by atomic mass is 19.1. The molecule has 162 valence electrons. The van der Waals surface area contributed by atoms with Crippen molar-refractivity contribution >= 4 is 5.96 Å². The van der Waals surface area contributed by atoms with E-state index >= 15 is 0 Å². The van der Waals surface area contributed by atoms with Crippen LogP contribution in [-0.4, -0.2) is 48.2 Å². The van der Waals surface area contributed by atoms with E-state index in [1.165, 1.54) is 23.3 Å². The Labute approximate surface area is 179 Å². The number of nitrogens with one attached hydrogen (secondary N) is 2. The van der Waals surface area contributed by atoms with Gasteiger partial charge in [-0.1, -0.05) is 36.4 Å². The molecule has 0 amide bonds. The van der Waals surface area contributed by atoms with Crippen molar-refractivity contribution in [1.29, 1.82) is 0 Å². The maximum absolute atomic E-state index is 13.1. The van der Waals surface area contributed by atoms with Crippen molar-refractivity contribution in [2.45, 2.75) is 45.4 Å². The standard InChI is InChI=1S/C24H33FN4O/c1-3-26-24(27-16-23(30)19-8-10-21(25)11-9-19)28-22-12-14-29(15-13-22)17-20-7-5-4-6-18(20)2/h4-11,22-23,30H,3,12-17H2,1-2H3,(H2,26,27,28). The largest absolute Gasteiger partial charge is 0.386 e. The number of likely N-dealkylation sites (tertiary alicyclic amines) is 1. The van der Waals surface area contributed by atoms with Gasteiger partial charge in [-0.2, -0.15) is 0 Å². The molecule has 30 heavy (non-hydrogen) atoms. The van der Waals surface area contributed by atoms with Crippen LogP contribution in [0.25, 0.3) is 0 Å². The third kappa shape index (κ3) is 6.54. The van der Waals surface area contributed by atoms with Gasteiger partial charge in [0.15, 0.2) is 5.96 Å². The van der Waals surface area contributed by atoms with Gasteiger partial charge in [-0.15, -0.1) is 0 Å². The zero-order valence-electron chi connectivity index (χ0n) is 17.9. The molecule has 3 N–H and O–H groups in total. The predicted molar refractivity (Wildman–Crippen MR) is 120 cm³/mol. The van der Waals surface area contributed by atoms with Crippen molar-refractivity contribution in [3.05, 3.63) is 71.0 Å². The SMILES string of the molecule is CCNC(=NCC(O)c1ccc(F)cc1)NC1CCN(Cc2ccccc2C)CC1. The smallest absolute Gasteiger partial charge is 0.191 e. The predicted octanol–water partition coefficient (Wildman–Crippen LogP) is 3.39. The lowest BCUT2D eigenvalue weighted by Crippen LogP contribution is -2.48. The normalized spacial score (nSPS) is 17.0. The van der Waals surface area contributed by atoms with Gasteiger partial charge in [-0.25, -0.2) is 4.39 Å². The second-order valence-electron chi connectivity index (χ2n) is 7.91. The summed E-state index contributed by atoms with van der Waals surface area (Å²) in [4.78, 5) is 7.04. The van der Waals surface area contributed by atoms with E-state index in [-0.39, 0.29) is 12.4 Å². The van der Waals surface area contributed by atoms with Crippen LogP contribution in [0.5, 0.6) is 0 Å². The van der Waals surface area contributed by atoms with E-state index in [0.717, 1.165) is 45.0 Å². The van der Waals surface area contributed by atoms with Gasteiger partial charge in [0.05, 0.1) is 12.6 Å². The molecule has 1 aliphatic heterocycles. The lowest BCUT2D eigenvalue weighted by Gasteiger charge is -2.33. The van der Waals surface area contributed by atoms with Crippen molar-refractivity contribution in [2.75, 3.05) is 26.2 Å². The van der Waals surface area contributed by atoms with Gasteiger partial charge in [-0.05, 0) is 55.5 Å². The molecule has 0 bridgehead atoms. The Morgan fingerprint density at radius 2 is 1.87 bits per heavy atom. The lowest BCUT2D eigenvalue weighted by molar-refractivity contribution is 0.186.